The van der Waals surface area contributed by atoms with E-state index in [2.05, 4.69) is 10.6 Å². The normalized spacial score (nSPS) is 17.4. The number of nitrogens with one attached hydrogen (secondary N) is 2. The summed E-state index contributed by atoms with van der Waals surface area (Å²) in [5.74, 6) is 0.315. The van der Waals surface area contributed by atoms with Crippen LogP contribution in [0.2, 0.25) is 0 Å². The zero-order valence-electron chi connectivity index (χ0n) is 12.6. The summed E-state index contributed by atoms with van der Waals surface area (Å²) in [5, 5.41) is 6.06. The third-order valence-electron chi connectivity index (χ3n) is 3.66. The Kier molecular flexibility index (Phi) is 5.79. The molecule has 0 aromatic rings. The van der Waals surface area contributed by atoms with Gasteiger partial charge in [0.15, 0.2) is 0 Å². The number of carbonyl (C=O) groups excluding carboxylic acids is 2. The van der Waals surface area contributed by atoms with E-state index < -0.39 is 5.54 Å². The molecule has 110 valence electrons. The van der Waals surface area contributed by atoms with Crippen LogP contribution in [0.5, 0.6) is 0 Å². The first kappa shape index (κ1) is 16.0. The van der Waals surface area contributed by atoms with Crippen LogP contribution in [0.15, 0.2) is 0 Å². The van der Waals surface area contributed by atoms with Crippen molar-refractivity contribution in [3.8, 4) is 0 Å². The van der Waals surface area contributed by atoms with E-state index in [4.69, 9.17) is 0 Å². The molecule has 0 saturated carbocycles. The average Bonchev–Trinajstić information content (AvgIpc) is 2.38. The van der Waals surface area contributed by atoms with Crippen LogP contribution in [0.25, 0.3) is 0 Å². The maximum Gasteiger partial charge on any atom is 0.242 e. The third kappa shape index (κ3) is 4.20. The largest absolute Gasteiger partial charge is 0.356 e. The molecule has 1 rings (SSSR count). The summed E-state index contributed by atoms with van der Waals surface area (Å²) in [6.07, 6.45) is 1.53. The SMILES string of the molecule is CCNC(=O)C1CCN(C(=O)C(C)(C)NCC)CC1. The van der Waals surface area contributed by atoms with Gasteiger partial charge in [0.1, 0.15) is 0 Å². The fraction of sp³-hybridized carbons (Fsp3) is 0.857. The lowest BCUT2D eigenvalue weighted by Crippen LogP contribution is -2.56. The minimum atomic E-state index is -0.521. The Morgan fingerprint density at radius 1 is 1.16 bits per heavy atom. The Balaban J connectivity index is 2.49. The molecule has 1 saturated heterocycles. The van der Waals surface area contributed by atoms with Gasteiger partial charge in [-0.25, -0.2) is 0 Å². The molecule has 0 aromatic carbocycles. The van der Waals surface area contributed by atoms with Gasteiger partial charge < -0.3 is 15.5 Å². The molecule has 0 atom stereocenters. The topological polar surface area (TPSA) is 61.4 Å². The van der Waals surface area contributed by atoms with Gasteiger partial charge in [-0.3, -0.25) is 9.59 Å². The Morgan fingerprint density at radius 3 is 2.21 bits per heavy atom. The van der Waals surface area contributed by atoms with E-state index in [1.54, 1.807) is 0 Å². The number of carbonyl (C=O) groups is 2. The van der Waals surface area contributed by atoms with Crippen LogP contribution in [-0.4, -0.2) is 48.4 Å². The number of hydrogen-bond donors (Lipinski definition) is 2. The standard InChI is InChI=1S/C14H27N3O2/c1-5-15-12(18)11-7-9-17(10-8-11)13(19)14(3,4)16-6-2/h11,16H,5-10H2,1-4H3,(H,15,18). The van der Waals surface area contributed by atoms with Gasteiger partial charge in [-0.2, -0.15) is 0 Å². The summed E-state index contributed by atoms with van der Waals surface area (Å²) >= 11 is 0. The lowest BCUT2D eigenvalue weighted by atomic mass is 9.94. The second kappa shape index (κ2) is 6.89. The summed E-state index contributed by atoms with van der Waals surface area (Å²) in [6.45, 7) is 10.5. The van der Waals surface area contributed by atoms with Crippen molar-refractivity contribution >= 4 is 11.8 Å². The molecule has 2 amide bonds. The zero-order chi connectivity index (χ0) is 14.5. The van der Waals surface area contributed by atoms with Crippen LogP contribution < -0.4 is 10.6 Å². The zero-order valence-corrected chi connectivity index (χ0v) is 12.6. The highest BCUT2D eigenvalue weighted by molar-refractivity contribution is 5.86. The Hall–Kier alpha value is -1.10. The lowest BCUT2D eigenvalue weighted by Gasteiger charge is -2.36. The van der Waals surface area contributed by atoms with Gasteiger partial charge in [0.2, 0.25) is 11.8 Å². The van der Waals surface area contributed by atoms with Gasteiger partial charge in [0.05, 0.1) is 5.54 Å². The maximum absolute atomic E-state index is 12.4. The minimum absolute atomic E-state index is 0.0613. The van der Waals surface area contributed by atoms with E-state index in [1.165, 1.54) is 0 Å². The summed E-state index contributed by atoms with van der Waals surface area (Å²) in [5.41, 5.74) is -0.521. The monoisotopic (exact) mass is 269 g/mol. The highest BCUT2D eigenvalue weighted by Gasteiger charge is 2.34. The number of likely N-dealkylation sites (tertiary alicyclic amines) is 1. The number of hydrogen-bond acceptors (Lipinski definition) is 3. The molecule has 0 bridgehead atoms. The van der Waals surface area contributed by atoms with Crippen LogP contribution in [0, 0.1) is 5.92 Å². The predicted octanol–water partition coefficient (Wildman–Crippen LogP) is 0.749. The molecule has 0 aliphatic carbocycles. The van der Waals surface area contributed by atoms with Gasteiger partial charge in [0, 0.05) is 25.6 Å². The number of rotatable bonds is 5. The van der Waals surface area contributed by atoms with Crippen molar-refractivity contribution in [2.45, 2.75) is 46.1 Å². The number of amides is 2. The summed E-state index contributed by atoms with van der Waals surface area (Å²) in [4.78, 5) is 26.0. The fourth-order valence-corrected chi connectivity index (χ4v) is 2.58. The molecule has 0 radical (unpaired) electrons. The molecule has 1 heterocycles. The molecule has 5 nitrogen and oxygen atoms in total. The second-order valence-corrected chi connectivity index (χ2v) is 5.62. The average molecular weight is 269 g/mol. The van der Waals surface area contributed by atoms with Crippen LogP contribution in [0.3, 0.4) is 0 Å². The molecule has 2 N–H and O–H groups in total. The molecule has 19 heavy (non-hydrogen) atoms. The van der Waals surface area contributed by atoms with E-state index in [-0.39, 0.29) is 17.7 Å². The maximum atomic E-state index is 12.4. The molecule has 5 heteroatoms. The van der Waals surface area contributed by atoms with Crippen molar-refractivity contribution in [3.05, 3.63) is 0 Å². The fourth-order valence-electron chi connectivity index (χ4n) is 2.58. The van der Waals surface area contributed by atoms with Gasteiger partial charge in [-0.1, -0.05) is 6.92 Å². The predicted molar refractivity (Wildman–Crippen MR) is 75.7 cm³/mol. The van der Waals surface area contributed by atoms with Gasteiger partial charge in [0.25, 0.3) is 0 Å². The summed E-state index contributed by atoms with van der Waals surface area (Å²) < 4.78 is 0. The summed E-state index contributed by atoms with van der Waals surface area (Å²) in [6, 6.07) is 0. The molecular formula is C14H27N3O2. The highest BCUT2D eigenvalue weighted by atomic mass is 16.2. The summed E-state index contributed by atoms with van der Waals surface area (Å²) in [7, 11) is 0. The molecule has 1 fully saturated rings. The quantitative estimate of drug-likeness (QED) is 0.774. The van der Waals surface area contributed by atoms with Crippen LogP contribution in [-0.2, 0) is 9.59 Å². The van der Waals surface area contributed by atoms with Crippen molar-refractivity contribution in [1.29, 1.82) is 0 Å². The van der Waals surface area contributed by atoms with Crippen molar-refractivity contribution in [2.75, 3.05) is 26.2 Å². The smallest absolute Gasteiger partial charge is 0.242 e. The lowest BCUT2D eigenvalue weighted by molar-refractivity contribution is -0.140. The molecule has 1 aliphatic rings. The first-order chi connectivity index (χ1) is 8.92. The Labute approximate surface area is 116 Å². The van der Waals surface area contributed by atoms with E-state index in [1.807, 2.05) is 32.6 Å². The second-order valence-electron chi connectivity index (χ2n) is 5.62. The van der Waals surface area contributed by atoms with Crippen LogP contribution in [0.1, 0.15) is 40.5 Å². The molecule has 0 unspecified atom stereocenters. The van der Waals surface area contributed by atoms with Crippen molar-refractivity contribution in [1.82, 2.24) is 15.5 Å². The van der Waals surface area contributed by atoms with E-state index in [9.17, 15) is 9.59 Å². The molecular weight excluding hydrogens is 242 g/mol. The Morgan fingerprint density at radius 2 is 1.74 bits per heavy atom. The van der Waals surface area contributed by atoms with Crippen LogP contribution >= 0.6 is 0 Å². The van der Waals surface area contributed by atoms with E-state index >= 15 is 0 Å². The van der Waals surface area contributed by atoms with Crippen molar-refractivity contribution in [2.24, 2.45) is 5.92 Å². The van der Waals surface area contributed by atoms with Gasteiger partial charge in [-0.15, -0.1) is 0 Å². The molecule has 1 aliphatic heterocycles. The highest BCUT2D eigenvalue weighted by Crippen LogP contribution is 2.20. The Bertz CT molecular complexity index is 321. The van der Waals surface area contributed by atoms with Gasteiger partial charge in [-0.05, 0) is 40.2 Å². The van der Waals surface area contributed by atoms with Gasteiger partial charge >= 0.3 is 0 Å². The first-order valence-corrected chi connectivity index (χ1v) is 7.24. The number of piperidine rings is 1. The minimum Gasteiger partial charge on any atom is -0.356 e. The third-order valence-corrected chi connectivity index (χ3v) is 3.66. The number of likely N-dealkylation sites (N-methyl/N-ethyl adjacent to an activating group) is 1. The number of nitrogens with zero attached hydrogens (tertiary/aromatic N) is 1. The first-order valence-electron chi connectivity index (χ1n) is 7.24. The molecule has 0 spiro atoms. The van der Waals surface area contributed by atoms with Crippen LogP contribution in [0.4, 0.5) is 0 Å². The van der Waals surface area contributed by atoms with E-state index in [0.717, 1.165) is 19.4 Å². The van der Waals surface area contributed by atoms with Crippen molar-refractivity contribution < 1.29 is 9.59 Å². The molecule has 0 aromatic heterocycles. The van der Waals surface area contributed by atoms with Crippen molar-refractivity contribution in [3.63, 3.8) is 0 Å². The van der Waals surface area contributed by atoms with E-state index in [0.29, 0.717) is 19.6 Å².